The van der Waals surface area contributed by atoms with E-state index in [9.17, 15) is 15.2 Å². The number of nitro groups is 1. The van der Waals surface area contributed by atoms with Crippen molar-refractivity contribution in [3.05, 3.63) is 62.1 Å². The fraction of sp³-hybridized carbons (Fsp3) is 0.0769. The number of nitrogens with zero attached hydrogens (tertiary/aromatic N) is 1. The molecule has 0 spiro atoms. The molecule has 0 bridgehead atoms. The first-order valence-electron chi connectivity index (χ1n) is 5.52. The summed E-state index contributed by atoms with van der Waals surface area (Å²) in [5.41, 5.74) is 0.323. The van der Waals surface area contributed by atoms with Crippen LogP contribution in [0, 0.1) is 10.1 Å². The van der Waals surface area contributed by atoms with Crippen LogP contribution in [-0.4, -0.2) is 10.0 Å². The van der Waals surface area contributed by atoms with Gasteiger partial charge >= 0.3 is 0 Å². The molecule has 0 atom stereocenters. The van der Waals surface area contributed by atoms with Gasteiger partial charge in [0, 0.05) is 16.7 Å². The van der Waals surface area contributed by atoms with E-state index in [0.717, 1.165) is 0 Å². The number of ether oxygens (including phenoxy) is 1. The highest BCUT2D eigenvalue weighted by atomic mass is 35.5. The topological polar surface area (TPSA) is 72.6 Å². The van der Waals surface area contributed by atoms with E-state index in [2.05, 4.69) is 0 Å². The molecule has 0 heterocycles. The van der Waals surface area contributed by atoms with Gasteiger partial charge in [-0.3, -0.25) is 10.1 Å². The highest BCUT2D eigenvalue weighted by Crippen LogP contribution is 2.34. The molecule has 0 unspecified atom stereocenters. The molecular weight excluding hydrogens is 305 g/mol. The summed E-state index contributed by atoms with van der Waals surface area (Å²) in [7, 11) is 0. The van der Waals surface area contributed by atoms with E-state index < -0.39 is 4.92 Å². The molecule has 2 rings (SSSR count). The number of hydrogen-bond donors (Lipinski definition) is 1. The summed E-state index contributed by atoms with van der Waals surface area (Å²) in [6.45, 7) is -0.275. The maximum absolute atomic E-state index is 10.7. The van der Waals surface area contributed by atoms with Crippen LogP contribution in [-0.2, 0) is 6.61 Å². The van der Waals surface area contributed by atoms with Gasteiger partial charge in [-0.25, -0.2) is 0 Å². The molecule has 0 amide bonds. The highest BCUT2D eigenvalue weighted by molar-refractivity contribution is 6.32. The van der Waals surface area contributed by atoms with Gasteiger partial charge in [0.05, 0.1) is 22.6 Å². The highest BCUT2D eigenvalue weighted by Gasteiger charge is 2.13. The summed E-state index contributed by atoms with van der Waals surface area (Å²) < 4.78 is 5.52. The van der Waals surface area contributed by atoms with Gasteiger partial charge in [-0.2, -0.15) is 0 Å². The number of non-ortho nitro benzene ring substituents is 1. The molecule has 2 aromatic carbocycles. The van der Waals surface area contributed by atoms with Crippen LogP contribution < -0.4 is 4.74 Å². The van der Waals surface area contributed by atoms with E-state index >= 15 is 0 Å². The van der Waals surface area contributed by atoms with E-state index in [4.69, 9.17) is 27.9 Å². The summed E-state index contributed by atoms with van der Waals surface area (Å²) in [5.74, 6) is 0.470. The van der Waals surface area contributed by atoms with Crippen molar-refractivity contribution < 1.29 is 14.8 Å². The molecule has 0 aromatic heterocycles. The average Bonchev–Trinajstić information content (AvgIpc) is 2.42. The molecule has 0 saturated heterocycles. The summed E-state index contributed by atoms with van der Waals surface area (Å²) in [6, 6.07) is 8.57. The molecule has 0 aliphatic carbocycles. The van der Waals surface area contributed by atoms with Crippen LogP contribution in [0.3, 0.4) is 0 Å². The van der Waals surface area contributed by atoms with Crippen LogP contribution in [0.4, 0.5) is 5.69 Å². The Labute approximate surface area is 124 Å². The molecule has 0 saturated carbocycles. The van der Waals surface area contributed by atoms with Crippen molar-refractivity contribution >= 4 is 28.9 Å². The SMILES string of the molecule is O=[N+]([O-])c1ccc(Cl)c(Oc2ccc(Cl)cc2CO)c1. The van der Waals surface area contributed by atoms with Crippen molar-refractivity contribution in [3.8, 4) is 11.5 Å². The fourth-order valence-electron chi connectivity index (χ4n) is 1.57. The Kier molecular flexibility index (Phi) is 4.44. The van der Waals surface area contributed by atoms with Crippen molar-refractivity contribution in [1.29, 1.82) is 0 Å². The van der Waals surface area contributed by atoms with Crippen molar-refractivity contribution in [3.63, 3.8) is 0 Å². The Balaban J connectivity index is 2.39. The lowest BCUT2D eigenvalue weighted by molar-refractivity contribution is -0.384. The molecule has 0 aliphatic rings. The second-order valence-electron chi connectivity index (χ2n) is 3.88. The van der Waals surface area contributed by atoms with Crippen LogP contribution >= 0.6 is 23.2 Å². The molecule has 2 aromatic rings. The molecule has 0 radical (unpaired) electrons. The van der Waals surface area contributed by atoms with Gasteiger partial charge in [0.1, 0.15) is 5.75 Å². The number of nitro benzene ring substituents is 1. The summed E-state index contributed by atoms with van der Waals surface area (Å²) in [6.07, 6.45) is 0. The van der Waals surface area contributed by atoms with Gasteiger partial charge < -0.3 is 9.84 Å². The zero-order chi connectivity index (χ0) is 14.7. The predicted molar refractivity (Wildman–Crippen MR) is 75.6 cm³/mol. The van der Waals surface area contributed by atoms with E-state index in [1.165, 1.54) is 18.2 Å². The predicted octanol–water partition coefficient (Wildman–Crippen LogP) is 4.19. The molecule has 0 fully saturated rings. The molecule has 5 nitrogen and oxygen atoms in total. The Hall–Kier alpha value is -1.82. The van der Waals surface area contributed by atoms with E-state index in [1.807, 2.05) is 0 Å². The summed E-state index contributed by atoms with van der Waals surface area (Å²) >= 11 is 11.8. The Bertz CT molecular complexity index is 661. The number of benzene rings is 2. The number of aliphatic hydroxyl groups is 1. The van der Waals surface area contributed by atoms with Crippen molar-refractivity contribution in [2.24, 2.45) is 0 Å². The third kappa shape index (κ3) is 3.19. The average molecular weight is 314 g/mol. The van der Waals surface area contributed by atoms with Crippen molar-refractivity contribution in [2.45, 2.75) is 6.61 Å². The minimum Gasteiger partial charge on any atom is -0.455 e. The van der Waals surface area contributed by atoms with Crippen molar-refractivity contribution in [2.75, 3.05) is 0 Å². The largest absolute Gasteiger partial charge is 0.455 e. The van der Waals surface area contributed by atoms with Crippen LogP contribution in [0.25, 0.3) is 0 Å². The summed E-state index contributed by atoms with van der Waals surface area (Å²) in [5, 5.41) is 20.7. The number of aliphatic hydroxyl groups excluding tert-OH is 1. The zero-order valence-corrected chi connectivity index (χ0v) is 11.6. The van der Waals surface area contributed by atoms with Crippen LogP contribution in [0.2, 0.25) is 10.0 Å². The normalized spacial score (nSPS) is 10.3. The van der Waals surface area contributed by atoms with Gasteiger partial charge in [0.2, 0.25) is 0 Å². The van der Waals surface area contributed by atoms with Gasteiger partial charge in [0.15, 0.2) is 5.75 Å². The van der Waals surface area contributed by atoms with Gasteiger partial charge in [-0.15, -0.1) is 0 Å². The minimum absolute atomic E-state index is 0.135. The van der Waals surface area contributed by atoms with E-state index in [0.29, 0.717) is 16.3 Å². The van der Waals surface area contributed by atoms with Gasteiger partial charge in [0.25, 0.3) is 5.69 Å². The van der Waals surface area contributed by atoms with Crippen LogP contribution in [0.1, 0.15) is 5.56 Å². The molecule has 104 valence electrons. The van der Waals surface area contributed by atoms with E-state index in [1.54, 1.807) is 18.2 Å². The molecule has 7 heteroatoms. The fourth-order valence-corrected chi connectivity index (χ4v) is 1.92. The standard InChI is InChI=1S/C13H9Cl2NO4/c14-9-1-4-12(8(5-9)7-17)20-13-6-10(16(18)19)2-3-11(13)15/h1-6,17H,7H2. The Morgan fingerprint density at radius 2 is 1.90 bits per heavy atom. The first-order valence-corrected chi connectivity index (χ1v) is 6.28. The second kappa shape index (κ2) is 6.09. The van der Waals surface area contributed by atoms with E-state index in [-0.39, 0.29) is 23.1 Å². The molecular formula is C13H9Cl2NO4. The van der Waals surface area contributed by atoms with Gasteiger partial charge in [-0.1, -0.05) is 23.2 Å². The monoisotopic (exact) mass is 313 g/mol. The third-order valence-corrected chi connectivity index (χ3v) is 3.09. The lowest BCUT2D eigenvalue weighted by Crippen LogP contribution is -1.94. The maximum atomic E-state index is 10.7. The maximum Gasteiger partial charge on any atom is 0.273 e. The van der Waals surface area contributed by atoms with Gasteiger partial charge in [-0.05, 0) is 24.3 Å². The third-order valence-electron chi connectivity index (χ3n) is 2.54. The molecule has 1 N–H and O–H groups in total. The zero-order valence-electron chi connectivity index (χ0n) is 10.0. The van der Waals surface area contributed by atoms with Crippen LogP contribution in [0.5, 0.6) is 11.5 Å². The quantitative estimate of drug-likeness (QED) is 0.678. The molecule has 0 aliphatic heterocycles. The number of rotatable bonds is 4. The lowest BCUT2D eigenvalue weighted by atomic mass is 10.2. The smallest absolute Gasteiger partial charge is 0.273 e. The first kappa shape index (κ1) is 14.6. The van der Waals surface area contributed by atoms with Crippen LogP contribution in [0.15, 0.2) is 36.4 Å². The lowest BCUT2D eigenvalue weighted by Gasteiger charge is -2.11. The number of hydrogen-bond acceptors (Lipinski definition) is 4. The number of halogens is 2. The van der Waals surface area contributed by atoms with Crippen molar-refractivity contribution in [1.82, 2.24) is 0 Å². The minimum atomic E-state index is -0.544. The second-order valence-corrected chi connectivity index (χ2v) is 4.73. The molecule has 20 heavy (non-hydrogen) atoms. The summed E-state index contributed by atoms with van der Waals surface area (Å²) in [4.78, 5) is 10.2. The Morgan fingerprint density at radius 3 is 2.55 bits per heavy atom. The first-order chi connectivity index (χ1) is 9.51. The Morgan fingerprint density at radius 1 is 1.15 bits per heavy atom.